The molecule has 0 bridgehead atoms. The molecule has 2 N–H and O–H groups in total. The standard InChI is InChI=1S/C19H16BrN3O3S/c1-12(17-7-4-8-27-17)23-26-11-18(24)22-21-10-13-9-16(20)14-5-2-3-6-15(14)19(13)25/h2-10,25H,11H2,1H3,(H,22,24)/b21-10-,23-12+. The van der Waals surface area contributed by atoms with Crippen molar-refractivity contribution < 1.29 is 14.7 Å². The van der Waals surface area contributed by atoms with E-state index in [0.29, 0.717) is 16.7 Å². The predicted octanol–water partition coefficient (Wildman–Crippen LogP) is 4.26. The van der Waals surface area contributed by atoms with Gasteiger partial charge in [-0.2, -0.15) is 5.10 Å². The number of carbonyl (C=O) groups is 1. The summed E-state index contributed by atoms with van der Waals surface area (Å²) in [6, 6.07) is 13.0. The van der Waals surface area contributed by atoms with Crippen LogP contribution < -0.4 is 5.43 Å². The molecule has 0 fully saturated rings. The topological polar surface area (TPSA) is 83.3 Å². The minimum Gasteiger partial charge on any atom is -0.507 e. The number of phenols is 1. The van der Waals surface area contributed by atoms with Crippen molar-refractivity contribution in [2.45, 2.75) is 6.92 Å². The Morgan fingerprint density at radius 3 is 2.81 bits per heavy atom. The van der Waals surface area contributed by atoms with Crippen molar-refractivity contribution in [3.05, 3.63) is 62.8 Å². The first-order valence-corrected chi connectivity index (χ1v) is 9.66. The third-order valence-electron chi connectivity index (χ3n) is 3.66. The average molecular weight is 446 g/mol. The van der Waals surface area contributed by atoms with Gasteiger partial charge in [-0.3, -0.25) is 4.79 Å². The van der Waals surface area contributed by atoms with Crippen molar-refractivity contribution in [1.82, 2.24) is 5.43 Å². The van der Waals surface area contributed by atoms with E-state index in [1.165, 1.54) is 6.21 Å². The zero-order valence-corrected chi connectivity index (χ0v) is 16.8. The lowest BCUT2D eigenvalue weighted by atomic mass is 10.1. The molecule has 2 aromatic carbocycles. The summed E-state index contributed by atoms with van der Waals surface area (Å²) in [6.45, 7) is 1.55. The lowest BCUT2D eigenvalue weighted by molar-refractivity contribution is -0.125. The highest BCUT2D eigenvalue weighted by Crippen LogP contribution is 2.33. The maximum atomic E-state index is 11.8. The number of benzene rings is 2. The lowest BCUT2D eigenvalue weighted by Crippen LogP contribution is -2.22. The molecule has 0 saturated heterocycles. The van der Waals surface area contributed by atoms with Gasteiger partial charge < -0.3 is 9.94 Å². The Morgan fingerprint density at radius 1 is 1.30 bits per heavy atom. The second-order valence-electron chi connectivity index (χ2n) is 5.56. The van der Waals surface area contributed by atoms with Gasteiger partial charge in [-0.15, -0.1) is 11.3 Å². The fourth-order valence-corrected chi connectivity index (χ4v) is 3.62. The number of carbonyl (C=O) groups excluding carboxylic acids is 1. The van der Waals surface area contributed by atoms with Crippen LogP contribution in [-0.4, -0.2) is 29.5 Å². The van der Waals surface area contributed by atoms with Crippen molar-refractivity contribution in [3.63, 3.8) is 0 Å². The summed E-state index contributed by atoms with van der Waals surface area (Å²) in [5.41, 5.74) is 3.53. The Hall–Kier alpha value is -2.71. The molecule has 27 heavy (non-hydrogen) atoms. The molecule has 8 heteroatoms. The molecule has 0 aliphatic rings. The number of amides is 1. The van der Waals surface area contributed by atoms with Gasteiger partial charge in [0.15, 0.2) is 6.61 Å². The number of fused-ring (bicyclic) bond motifs is 1. The molecule has 1 aromatic heterocycles. The summed E-state index contributed by atoms with van der Waals surface area (Å²) in [5, 5.41) is 21.7. The van der Waals surface area contributed by atoms with E-state index in [-0.39, 0.29) is 12.4 Å². The fourth-order valence-electron chi connectivity index (χ4n) is 2.36. The van der Waals surface area contributed by atoms with Gasteiger partial charge in [0.05, 0.1) is 16.8 Å². The van der Waals surface area contributed by atoms with Crippen LogP contribution in [0.2, 0.25) is 0 Å². The molecule has 0 unspecified atom stereocenters. The molecule has 0 aliphatic heterocycles. The Bertz CT molecular complexity index is 1020. The average Bonchev–Trinajstić information content (AvgIpc) is 3.20. The van der Waals surface area contributed by atoms with Crippen molar-refractivity contribution in [3.8, 4) is 5.75 Å². The number of hydrazone groups is 1. The molecule has 0 saturated carbocycles. The molecule has 138 valence electrons. The molecule has 6 nitrogen and oxygen atoms in total. The molecule has 3 rings (SSSR count). The van der Waals surface area contributed by atoms with E-state index in [1.807, 2.05) is 48.7 Å². The van der Waals surface area contributed by atoms with Crippen LogP contribution in [0.5, 0.6) is 5.75 Å². The van der Waals surface area contributed by atoms with Crippen molar-refractivity contribution in [2.24, 2.45) is 10.3 Å². The Labute approximate surface area is 168 Å². The van der Waals surface area contributed by atoms with E-state index in [4.69, 9.17) is 4.84 Å². The van der Waals surface area contributed by atoms with Crippen LogP contribution >= 0.6 is 27.3 Å². The number of hydrogen-bond acceptors (Lipinski definition) is 6. The van der Waals surface area contributed by atoms with E-state index in [2.05, 4.69) is 31.6 Å². The zero-order valence-electron chi connectivity index (χ0n) is 14.3. The van der Waals surface area contributed by atoms with Gasteiger partial charge in [0.25, 0.3) is 5.91 Å². The molecule has 0 atom stereocenters. The van der Waals surface area contributed by atoms with Crippen LogP contribution in [0.1, 0.15) is 17.4 Å². The first-order chi connectivity index (χ1) is 13.1. The Balaban J connectivity index is 1.59. The van der Waals surface area contributed by atoms with Gasteiger partial charge >= 0.3 is 0 Å². The number of phenolic OH excluding ortho intramolecular Hbond substituents is 1. The van der Waals surface area contributed by atoms with Gasteiger partial charge in [-0.1, -0.05) is 51.4 Å². The van der Waals surface area contributed by atoms with Crippen LogP contribution in [0.3, 0.4) is 0 Å². The molecule has 0 radical (unpaired) electrons. The highest BCUT2D eigenvalue weighted by molar-refractivity contribution is 9.10. The summed E-state index contributed by atoms with van der Waals surface area (Å²) < 4.78 is 0.824. The Morgan fingerprint density at radius 2 is 2.07 bits per heavy atom. The van der Waals surface area contributed by atoms with E-state index in [0.717, 1.165) is 14.7 Å². The molecule has 1 amide bonds. The predicted molar refractivity (Wildman–Crippen MR) is 112 cm³/mol. The highest BCUT2D eigenvalue weighted by atomic mass is 79.9. The summed E-state index contributed by atoms with van der Waals surface area (Å²) in [5.74, 6) is -0.354. The quantitative estimate of drug-likeness (QED) is 0.439. The molecule has 1 heterocycles. The van der Waals surface area contributed by atoms with Crippen molar-refractivity contribution in [1.29, 1.82) is 0 Å². The maximum Gasteiger partial charge on any atom is 0.280 e. The Kier molecular flexibility index (Phi) is 6.20. The third kappa shape index (κ3) is 4.72. The second kappa shape index (κ2) is 8.79. The number of aromatic hydroxyl groups is 1. The van der Waals surface area contributed by atoms with Gasteiger partial charge in [-0.25, -0.2) is 5.43 Å². The van der Waals surface area contributed by atoms with Gasteiger partial charge in [0.1, 0.15) is 5.75 Å². The molecule has 0 spiro atoms. The first-order valence-electron chi connectivity index (χ1n) is 7.99. The number of oxime groups is 1. The number of nitrogens with one attached hydrogen (secondary N) is 1. The van der Waals surface area contributed by atoms with E-state index in [9.17, 15) is 9.90 Å². The molecular weight excluding hydrogens is 430 g/mol. The van der Waals surface area contributed by atoms with Crippen LogP contribution in [0, 0.1) is 0 Å². The largest absolute Gasteiger partial charge is 0.507 e. The number of thiophene rings is 1. The van der Waals surface area contributed by atoms with Gasteiger partial charge in [-0.05, 0) is 29.8 Å². The molecule has 0 aliphatic carbocycles. The highest BCUT2D eigenvalue weighted by Gasteiger charge is 2.08. The number of nitrogens with zero attached hydrogens (tertiary/aromatic N) is 2. The SMILES string of the molecule is C/C(=N\OCC(=O)N/N=C\c1cc(Br)c2ccccc2c1O)c1cccs1. The first kappa shape index (κ1) is 19.1. The molecular formula is C19H16BrN3O3S. The van der Waals surface area contributed by atoms with Crippen LogP contribution in [0.25, 0.3) is 10.8 Å². The molecule has 3 aromatic rings. The normalized spacial score (nSPS) is 11.9. The lowest BCUT2D eigenvalue weighted by Gasteiger charge is -2.06. The van der Waals surface area contributed by atoms with E-state index < -0.39 is 5.91 Å². The third-order valence-corrected chi connectivity index (χ3v) is 5.30. The van der Waals surface area contributed by atoms with E-state index in [1.54, 1.807) is 17.4 Å². The smallest absolute Gasteiger partial charge is 0.280 e. The van der Waals surface area contributed by atoms with Crippen molar-refractivity contribution >= 4 is 55.9 Å². The van der Waals surface area contributed by atoms with E-state index >= 15 is 0 Å². The maximum absolute atomic E-state index is 11.8. The summed E-state index contributed by atoms with van der Waals surface area (Å²) in [6.07, 6.45) is 1.38. The number of hydrogen-bond donors (Lipinski definition) is 2. The monoisotopic (exact) mass is 445 g/mol. The van der Waals surface area contributed by atoms with Gasteiger partial charge in [0.2, 0.25) is 0 Å². The van der Waals surface area contributed by atoms with Crippen LogP contribution in [0.15, 0.2) is 62.6 Å². The van der Waals surface area contributed by atoms with Crippen LogP contribution in [-0.2, 0) is 9.63 Å². The number of rotatable bonds is 6. The number of halogens is 1. The summed E-state index contributed by atoms with van der Waals surface area (Å²) in [4.78, 5) is 17.8. The van der Waals surface area contributed by atoms with Gasteiger partial charge in [0, 0.05) is 15.4 Å². The van der Waals surface area contributed by atoms with Crippen molar-refractivity contribution in [2.75, 3.05) is 6.61 Å². The second-order valence-corrected chi connectivity index (χ2v) is 7.36. The fraction of sp³-hybridized carbons (Fsp3) is 0.105. The minimum absolute atomic E-state index is 0.0965. The summed E-state index contributed by atoms with van der Waals surface area (Å²) >= 11 is 5.01. The minimum atomic E-state index is -0.451. The van der Waals surface area contributed by atoms with Crippen LogP contribution in [0.4, 0.5) is 0 Å². The summed E-state index contributed by atoms with van der Waals surface area (Å²) in [7, 11) is 0. The zero-order chi connectivity index (χ0) is 19.2.